The molecule has 0 saturated heterocycles. The maximum absolute atomic E-state index is 5.98. The standard InChI is InChI=1S/C13H11ClN2O/c1-17-13-5-4-10-12(16-13)6-8-2-3-9(14)7-11(8)15-10/h2-5,7,15H,6H2,1H3. The van der Waals surface area contributed by atoms with Gasteiger partial charge in [0.25, 0.3) is 0 Å². The predicted molar refractivity (Wildman–Crippen MR) is 68.3 cm³/mol. The molecule has 86 valence electrons. The Bertz CT molecular complexity index is 584. The van der Waals surface area contributed by atoms with Crippen LogP contribution in [-0.4, -0.2) is 12.1 Å². The third kappa shape index (κ3) is 1.83. The zero-order chi connectivity index (χ0) is 11.8. The molecule has 0 radical (unpaired) electrons. The van der Waals surface area contributed by atoms with Gasteiger partial charge in [-0.05, 0) is 23.8 Å². The number of hydrogen-bond donors (Lipinski definition) is 1. The lowest BCUT2D eigenvalue weighted by molar-refractivity contribution is 0.396. The number of benzene rings is 1. The SMILES string of the molecule is COc1ccc2c(n1)Cc1ccc(Cl)cc1N2. The van der Waals surface area contributed by atoms with Crippen LogP contribution >= 0.6 is 11.6 Å². The van der Waals surface area contributed by atoms with Crippen molar-refractivity contribution in [3.05, 3.63) is 46.6 Å². The van der Waals surface area contributed by atoms with E-state index in [9.17, 15) is 0 Å². The molecule has 1 aliphatic heterocycles. The minimum atomic E-state index is 0.642. The van der Waals surface area contributed by atoms with Gasteiger partial charge in [-0.3, -0.25) is 0 Å². The second-order valence-corrected chi connectivity index (χ2v) is 4.39. The van der Waals surface area contributed by atoms with E-state index in [0.717, 1.165) is 28.5 Å². The Morgan fingerprint density at radius 2 is 2.12 bits per heavy atom. The minimum Gasteiger partial charge on any atom is -0.481 e. The number of halogens is 1. The molecule has 3 nitrogen and oxygen atoms in total. The summed E-state index contributed by atoms with van der Waals surface area (Å²) in [6.07, 6.45) is 0.798. The van der Waals surface area contributed by atoms with Crippen molar-refractivity contribution in [1.29, 1.82) is 0 Å². The van der Waals surface area contributed by atoms with Crippen LogP contribution in [0.5, 0.6) is 5.88 Å². The number of fused-ring (bicyclic) bond motifs is 2. The Labute approximate surface area is 104 Å². The number of nitrogens with zero attached hydrogens (tertiary/aromatic N) is 1. The summed E-state index contributed by atoms with van der Waals surface area (Å²) in [4.78, 5) is 4.44. The Morgan fingerprint density at radius 1 is 1.24 bits per heavy atom. The average molecular weight is 247 g/mol. The van der Waals surface area contributed by atoms with Crippen molar-refractivity contribution in [3.8, 4) is 5.88 Å². The molecule has 0 saturated carbocycles. The topological polar surface area (TPSA) is 34.1 Å². The maximum atomic E-state index is 5.98. The molecule has 1 aliphatic rings. The highest BCUT2D eigenvalue weighted by Crippen LogP contribution is 2.34. The van der Waals surface area contributed by atoms with Gasteiger partial charge in [-0.1, -0.05) is 17.7 Å². The second-order valence-electron chi connectivity index (χ2n) is 3.95. The van der Waals surface area contributed by atoms with Crippen LogP contribution in [0.1, 0.15) is 11.3 Å². The van der Waals surface area contributed by atoms with Crippen molar-refractivity contribution in [1.82, 2.24) is 4.98 Å². The molecule has 1 N–H and O–H groups in total. The predicted octanol–water partition coefficient (Wildman–Crippen LogP) is 3.39. The van der Waals surface area contributed by atoms with Gasteiger partial charge in [-0.2, -0.15) is 0 Å². The summed E-state index contributed by atoms with van der Waals surface area (Å²) < 4.78 is 5.13. The van der Waals surface area contributed by atoms with E-state index in [1.165, 1.54) is 5.56 Å². The smallest absolute Gasteiger partial charge is 0.213 e. The number of ether oxygens (including phenoxy) is 1. The first-order chi connectivity index (χ1) is 8.26. The van der Waals surface area contributed by atoms with Crippen molar-refractivity contribution in [2.24, 2.45) is 0 Å². The summed E-state index contributed by atoms with van der Waals surface area (Å²) in [7, 11) is 1.62. The fourth-order valence-corrected chi connectivity index (χ4v) is 2.16. The van der Waals surface area contributed by atoms with Crippen molar-refractivity contribution in [2.45, 2.75) is 6.42 Å². The first-order valence-electron chi connectivity index (χ1n) is 5.35. The van der Waals surface area contributed by atoms with Crippen molar-refractivity contribution in [3.63, 3.8) is 0 Å². The molecule has 0 bridgehead atoms. The molecular weight excluding hydrogens is 236 g/mol. The van der Waals surface area contributed by atoms with E-state index < -0.39 is 0 Å². The van der Waals surface area contributed by atoms with Gasteiger partial charge < -0.3 is 10.1 Å². The number of rotatable bonds is 1. The molecule has 3 rings (SSSR count). The van der Waals surface area contributed by atoms with Gasteiger partial charge in [0.2, 0.25) is 5.88 Å². The summed E-state index contributed by atoms with van der Waals surface area (Å²) in [6, 6.07) is 9.68. The van der Waals surface area contributed by atoms with Crippen LogP contribution < -0.4 is 10.1 Å². The number of methoxy groups -OCH3 is 1. The van der Waals surface area contributed by atoms with E-state index in [0.29, 0.717) is 5.88 Å². The summed E-state index contributed by atoms with van der Waals surface area (Å²) >= 11 is 5.98. The van der Waals surface area contributed by atoms with Gasteiger partial charge in [0.1, 0.15) is 0 Å². The molecule has 4 heteroatoms. The Kier molecular flexibility index (Phi) is 2.41. The molecule has 1 aromatic carbocycles. The molecule has 0 amide bonds. The van der Waals surface area contributed by atoms with E-state index in [2.05, 4.69) is 10.3 Å². The lowest BCUT2D eigenvalue weighted by Gasteiger charge is -2.21. The molecule has 2 aromatic rings. The molecule has 17 heavy (non-hydrogen) atoms. The quantitative estimate of drug-likeness (QED) is 0.715. The fourth-order valence-electron chi connectivity index (χ4n) is 1.99. The number of nitrogens with one attached hydrogen (secondary N) is 1. The van der Waals surface area contributed by atoms with Crippen LogP contribution in [0, 0.1) is 0 Å². The first-order valence-corrected chi connectivity index (χ1v) is 5.73. The van der Waals surface area contributed by atoms with Gasteiger partial charge in [0.15, 0.2) is 0 Å². The normalized spacial score (nSPS) is 12.4. The number of pyridine rings is 1. The van der Waals surface area contributed by atoms with Gasteiger partial charge in [0, 0.05) is 23.2 Å². The fraction of sp³-hybridized carbons (Fsp3) is 0.154. The zero-order valence-electron chi connectivity index (χ0n) is 9.33. The van der Waals surface area contributed by atoms with Crippen LogP contribution in [0.25, 0.3) is 0 Å². The maximum Gasteiger partial charge on any atom is 0.213 e. The number of anilines is 2. The zero-order valence-corrected chi connectivity index (χ0v) is 10.1. The van der Waals surface area contributed by atoms with Crippen molar-refractivity contribution >= 4 is 23.0 Å². The van der Waals surface area contributed by atoms with Crippen LogP contribution in [0.2, 0.25) is 5.02 Å². The molecule has 0 aliphatic carbocycles. The molecule has 0 atom stereocenters. The van der Waals surface area contributed by atoms with Crippen molar-refractivity contribution in [2.75, 3.05) is 12.4 Å². The van der Waals surface area contributed by atoms with Crippen molar-refractivity contribution < 1.29 is 4.74 Å². The molecule has 0 spiro atoms. The Hall–Kier alpha value is -1.74. The molecular formula is C13H11ClN2O. The number of aromatic nitrogens is 1. The molecule has 0 unspecified atom stereocenters. The van der Waals surface area contributed by atoms with Crippen LogP contribution in [0.3, 0.4) is 0 Å². The molecule has 1 aromatic heterocycles. The summed E-state index contributed by atoms with van der Waals surface area (Å²) in [5.41, 5.74) is 4.26. The van der Waals surface area contributed by atoms with Gasteiger partial charge in [-0.25, -0.2) is 4.98 Å². The van der Waals surface area contributed by atoms with Gasteiger partial charge in [0.05, 0.1) is 18.5 Å². The van der Waals surface area contributed by atoms with E-state index in [1.54, 1.807) is 7.11 Å². The van der Waals surface area contributed by atoms with E-state index in [-0.39, 0.29) is 0 Å². The Balaban J connectivity index is 2.04. The average Bonchev–Trinajstić information content (AvgIpc) is 2.35. The lowest BCUT2D eigenvalue weighted by atomic mass is 10.0. The third-order valence-corrected chi connectivity index (χ3v) is 3.09. The summed E-state index contributed by atoms with van der Waals surface area (Å²) in [6.45, 7) is 0. The van der Waals surface area contributed by atoms with E-state index in [1.807, 2.05) is 30.3 Å². The van der Waals surface area contributed by atoms with Crippen LogP contribution in [-0.2, 0) is 6.42 Å². The highest BCUT2D eigenvalue weighted by atomic mass is 35.5. The van der Waals surface area contributed by atoms with E-state index in [4.69, 9.17) is 16.3 Å². The van der Waals surface area contributed by atoms with Crippen LogP contribution in [0.4, 0.5) is 11.4 Å². The lowest BCUT2D eigenvalue weighted by Crippen LogP contribution is -2.09. The first kappa shape index (κ1) is 10.4. The highest BCUT2D eigenvalue weighted by molar-refractivity contribution is 6.30. The number of hydrogen-bond acceptors (Lipinski definition) is 3. The molecule has 0 fully saturated rings. The summed E-state index contributed by atoms with van der Waals surface area (Å²) in [5, 5.41) is 4.07. The Morgan fingerprint density at radius 3 is 2.94 bits per heavy atom. The molecule has 2 heterocycles. The van der Waals surface area contributed by atoms with Gasteiger partial charge in [-0.15, -0.1) is 0 Å². The van der Waals surface area contributed by atoms with Crippen LogP contribution in [0.15, 0.2) is 30.3 Å². The second kappa shape index (κ2) is 3.93. The minimum absolute atomic E-state index is 0.642. The van der Waals surface area contributed by atoms with Gasteiger partial charge >= 0.3 is 0 Å². The monoisotopic (exact) mass is 246 g/mol. The summed E-state index contributed by atoms with van der Waals surface area (Å²) in [5.74, 6) is 0.642. The van der Waals surface area contributed by atoms with E-state index >= 15 is 0 Å². The third-order valence-electron chi connectivity index (χ3n) is 2.86. The largest absolute Gasteiger partial charge is 0.481 e. The highest BCUT2D eigenvalue weighted by Gasteiger charge is 2.16.